The summed E-state index contributed by atoms with van der Waals surface area (Å²) in [5, 5.41) is 10.1. The summed E-state index contributed by atoms with van der Waals surface area (Å²) < 4.78 is 31.7. The summed E-state index contributed by atoms with van der Waals surface area (Å²) >= 11 is 1.59. The summed E-state index contributed by atoms with van der Waals surface area (Å²) in [7, 11) is 0. The van der Waals surface area contributed by atoms with Gasteiger partial charge in [0.05, 0.1) is 23.4 Å². The molecule has 3 N–H and O–H groups in total. The van der Waals surface area contributed by atoms with E-state index in [1.165, 1.54) is 21.6 Å². The van der Waals surface area contributed by atoms with Crippen LogP contribution in [0.2, 0.25) is 0 Å². The number of fused-ring (bicyclic) bond motifs is 3. The van der Waals surface area contributed by atoms with Crippen LogP contribution in [0.5, 0.6) is 0 Å². The molecule has 0 bridgehead atoms. The second-order valence-electron chi connectivity index (χ2n) is 7.63. The van der Waals surface area contributed by atoms with E-state index in [9.17, 15) is 18.0 Å². The molecule has 0 unspecified atom stereocenters. The minimum absolute atomic E-state index is 0.0284. The number of halogens is 3. The predicted octanol–water partition coefficient (Wildman–Crippen LogP) is 4.54. The van der Waals surface area contributed by atoms with Gasteiger partial charge in [-0.1, -0.05) is 38.1 Å². The number of hydrogen-bond donors (Lipinski definition) is 3. The molecule has 0 spiro atoms. The summed E-state index contributed by atoms with van der Waals surface area (Å²) in [6.45, 7) is 5.00. The van der Waals surface area contributed by atoms with E-state index in [4.69, 9.17) is 9.90 Å². The number of rotatable bonds is 3. The van der Waals surface area contributed by atoms with Gasteiger partial charge in [-0.15, -0.1) is 11.3 Å². The molecule has 3 aromatic rings. The summed E-state index contributed by atoms with van der Waals surface area (Å²) in [6.07, 6.45) is -0.785. The fourth-order valence-corrected chi connectivity index (χ4v) is 4.52. The second kappa shape index (κ2) is 8.54. The Morgan fingerprint density at radius 2 is 1.97 bits per heavy atom. The van der Waals surface area contributed by atoms with Gasteiger partial charge in [0.2, 0.25) is 0 Å². The van der Waals surface area contributed by atoms with Crippen LogP contribution in [-0.2, 0) is 23.2 Å². The number of benzene rings is 1. The SMILES string of the molecule is CC1(C)Cc2cc(C(=O)NCc3cnc[nH]3)sc2-c2ccccc21.O=C(O)C(F)(F)F. The van der Waals surface area contributed by atoms with Crippen LogP contribution < -0.4 is 5.32 Å². The first kappa shape index (κ1) is 22.5. The summed E-state index contributed by atoms with van der Waals surface area (Å²) in [5.41, 5.74) is 4.89. The number of nitrogens with zero attached hydrogens (tertiary/aromatic N) is 1. The van der Waals surface area contributed by atoms with Crippen molar-refractivity contribution in [1.29, 1.82) is 0 Å². The van der Waals surface area contributed by atoms with Crippen molar-refractivity contribution in [3.05, 3.63) is 64.6 Å². The Bertz CT molecular complexity index is 1090. The van der Waals surface area contributed by atoms with Crippen molar-refractivity contribution in [2.24, 2.45) is 0 Å². The number of aliphatic carboxylic acids is 1. The fraction of sp³-hybridized carbons (Fsp3) is 0.286. The first-order chi connectivity index (χ1) is 14.5. The van der Waals surface area contributed by atoms with Gasteiger partial charge in [0.15, 0.2) is 0 Å². The molecule has 0 fully saturated rings. The third-order valence-electron chi connectivity index (χ3n) is 4.80. The van der Waals surface area contributed by atoms with E-state index >= 15 is 0 Å². The molecule has 0 atom stereocenters. The van der Waals surface area contributed by atoms with E-state index in [1.807, 2.05) is 0 Å². The van der Waals surface area contributed by atoms with Gasteiger partial charge in [-0.2, -0.15) is 13.2 Å². The van der Waals surface area contributed by atoms with Crippen LogP contribution in [0, 0.1) is 0 Å². The number of aromatic nitrogens is 2. The highest BCUT2D eigenvalue weighted by Gasteiger charge is 2.38. The normalized spacial score (nSPS) is 14.0. The van der Waals surface area contributed by atoms with E-state index in [0.717, 1.165) is 17.0 Å². The average molecular weight is 451 g/mol. The minimum Gasteiger partial charge on any atom is -0.475 e. The van der Waals surface area contributed by atoms with Crippen molar-refractivity contribution in [2.45, 2.75) is 38.4 Å². The van der Waals surface area contributed by atoms with Gasteiger partial charge in [-0.05, 0) is 34.6 Å². The topological polar surface area (TPSA) is 95.1 Å². The maximum absolute atomic E-state index is 12.5. The highest BCUT2D eigenvalue weighted by Crippen LogP contribution is 2.46. The molecule has 6 nitrogen and oxygen atoms in total. The highest BCUT2D eigenvalue weighted by molar-refractivity contribution is 7.17. The number of carboxylic acid groups (broad SMARTS) is 1. The first-order valence-corrected chi connectivity index (χ1v) is 10.1. The number of nitrogens with one attached hydrogen (secondary N) is 2. The lowest BCUT2D eigenvalue weighted by Gasteiger charge is -2.32. The zero-order valence-corrected chi connectivity index (χ0v) is 17.5. The summed E-state index contributed by atoms with van der Waals surface area (Å²) in [4.78, 5) is 30.4. The smallest absolute Gasteiger partial charge is 0.475 e. The molecule has 1 amide bonds. The Hall–Kier alpha value is -3.14. The van der Waals surface area contributed by atoms with Crippen molar-refractivity contribution in [2.75, 3.05) is 0 Å². The minimum atomic E-state index is -5.08. The number of carbonyl (C=O) groups is 2. The number of amides is 1. The third-order valence-corrected chi connectivity index (χ3v) is 6.01. The van der Waals surface area contributed by atoms with E-state index < -0.39 is 12.1 Å². The fourth-order valence-electron chi connectivity index (χ4n) is 3.39. The van der Waals surface area contributed by atoms with E-state index in [1.54, 1.807) is 23.9 Å². The van der Waals surface area contributed by atoms with Crippen LogP contribution in [0.1, 0.15) is 40.3 Å². The monoisotopic (exact) mass is 451 g/mol. The van der Waals surface area contributed by atoms with Crippen LogP contribution in [0.4, 0.5) is 13.2 Å². The Morgan fingerprint density at radius 1 is 1.29 bits per heavy atom. The zero-order valence-electron chi connectivity index (χ0n) is 16.7. The number of aromatic amines is 1. The second-order valence-corrected chi connectivity index (χ2v) is 8.69. The number of thiophene rings is 1. The van der Waals surface area contributed by atoms with Crippen molar-refractivity contribution in [3.8, 4) is 10.4 Å². The molecule has 1 aliphatic carbocycles. The quantitative estimate of drug-likeness (QED) is 0.545. The Morgan fingerprint density at radius 3 is 2.58 bits per heavy atom. The molecule has 164 valence electrons. The predicted molar refractivity (Wildman–Crippen MR) is 110 cm³/mol. The molecule has 0 aliphatic heterocycles. The molecule has 1 aromatic carbocycles. The van der Waals surface area contributed by atoms with Crippen LogP contribution in [0.25, 0.3) is 10.4 Å². The molecule has 31 heavy (non-hydrogen) atoms. The molecule has 2 heterocycles. The average Bonchev–Trinajstić information content (AvgIpc) is 3.35. The molecule has 0 saturated carbocycles. The van der Waals surface area contributed by atoms with Gasteiger partial charge in [-0.3, -0.25) is 4.79 Å². The highest BCUT2D eigenvalue weighted by atomic mass is 32.1. The van der Waals surface area contributed by atoms with Crippen molar-refractivity contribution < 1.29 is 27.9 Å². The standard InChI is InChI=1S/C19H19N3OS.C2HF3O2/c1-19(2)8-12-7-16(18(23)21-10-13-9-20-11-22-13)24-17(12)14-5-3-4-6-15(14)19;3-2(4,5)1(6)7/h3-7,9,11H,8,10H2,1-2H3,(H,20,22)(H,21,23);(H,6,7). The van der Waals surface area contributed by atoms with Gasteiger partial charge in [0, 0.05) is 11.1 Å². The first-order valence-electron chi connectivity index (χ1n) is 9.27. The van der Waals surface area contributed by atoms with E-state index in [2.05, 4.69) is 59.5 Å². The number of carbonyl (C=O) groups excluding carboxylic acids is 1. The number of carboxylic acids is 1. The molecule has 0 saturated heterocycles. The Labute approximate surface area is 180 Å². The molecule has 10 heteroatoms. The van der Waals surface area contributed by atoms with Gasteiger partial charge in [-0.25, -0.2) is 9.78 Å². The van der Waals surface area contributed by atoms with Gasteiger partial charge < -0.3 is 15.4 Å². The lowest BCUT2D eigenvalue weighted by Crippen LogP contribution is -2.24. The molecule has 2 aromatic heterocycles. The van der Waals surface area contributed by atoms with Crippen LogP contribution in [0.3, 0.4) is 0 Å². The van der Waals surface area contributed by atoms with Crippen LogP contribution in [0.15, 0.2) is 42.9 Å². The maximum Gasteiger partial charge on any atom is 0.490 e. The Kier molecular flexibility index (Phi) is 6.21. The summed E-state index contributed by atoms with van der Waals surface area (Å²) in [6, 6.07) is 10.6. The molecular formula is C21H20F3N3O3S. The van der Waals surface area contributed by atoms with E-state index in [-0.39, 0.29) is 11.3 Å². The lowest BCUT2D eigenvalue weighted by atomic mass is 9.73. The molecular weight excluding hydrogens is 431 g/mol. The number of H-pyrrole nitrogens is 1. The maximum atomic E-state index is 12.5. The zero-order chi connectivity index (χ0) is 22.8. The molecule has 4 rings (SSSR count). The number of imidazole rings is 1. The molecule has 1 aliphatic rings. The lowest BCUT2D eigenvalue weighted by molar-refractivity contribution is -0.192. The largest absolute Gasteiger partial charge is 0.490 e. The van der Waals surface area contributed by atoms with Crippen molar-refractivity contribution >= 4 is 23.2 Å². The Balaban J connectivity index is 0.000000339. The summed E-state index contributed by atoms with van der Waals surface area (Å²) in [5.74, 6) is -2.79. The van der Waals surface area contributed by atoms with Gasteiger partial charge in [0.25, 0.3) is 5.91 Å². The molecule has 0 radical (unpaired) electrons. The number of alkyl halides is 3. The third kappa shape index (κ3) is 5.13. The number of hydrogen-bond acceptors (Lipinski definition) is 4. The van der Waals surface area contributed by atoms with Crippen molar-refractivity contribution in [3.63, 3.8) is 0 Å². The van der Waals surface area contributed by atoms with Gasteiger partial charge >= 0.3 is 12.1 Å². The van der Waals surface area contributed by atoms with E-state index in [0.29, 0.717) is 6.54 Å². The van der Waals surface area contributed by atoms with Crippen molar-refractivity contribution in [1.82, 2.24) is 15.3 Å². The van der Waals surface area contributed by atoms with Gasteiger partial charge in [0.1, 0.15) is 0 Å². The van der Waals surface area contributed by atoms with Crippen LogP contribution >= 0.6 is 11.3 Å². The van der Waals surface area contributed by atoms with Crippen LogP contribution in [-0.4, -0.2) is 33.1 Å².